The van der Waals surface area contributed by atoms with E-state index >= 15 is 0 Å². The SMILES string of the molecule is CCOc1ccc(NC2=C(c3ccc(F)cc3)C(=O)N(c3ccc(C(C)C)cc3)C2=O)cc1. The average molecular weight is 445 g/mol. The minimum absolute atomic E-state index is 0.142. The summed E-state index contributed by atoms with van der Waals surface area (Å²) in [4.78, 5) is 28.1. The molecule has 0 unspecified atom stereocenters. The number of carbonyl (C=O) groups excluding carboxylic acids is 2. The van der Waals surface area contributed by atoms with Crippen LogP contribution in [0.3, 0.4) is 0 Å². The molecular weight excluding hydrogens is 419 g/mol. The van der Waals surface area contributed by atoms with Crippen molar-refractivity contribution in [3.8, 4) is 5.75 Å². The van der Waals surface area contributed by atoms with Crippen LogP contribution in [0.2, 0.25) is 0 Å². The highest BCUT2D eigenvalue weighted by Gasteiger charge is 2.40. The van der Waals surface area contributed by atoms with Crippen LogP contribution in [0.15, 0.2) is 78.5 Å². The van der Waals surface area contributed by atoms with Gasteiger partial charge in [-0.1, -0.05) is 38.1 Å². The van der Waals surface area contributed by atoms with Crippen molar-refractivity contribution < 1.29 is 18.7 Å². The molecule has 33 heavy (non-hydrogen) atoms. The molecule has 5 nitrogen and oxygen atoms in total. The number of benzene rings is 3. The molecule has 0 saturated carbocycles. The van der Waals surface area contributed by atoms with Crippen molar-refractivity contribution >= 4 is 28.8 Å². The third-order valence-corrected chi connectivity index (χ3v) is 5.47. The van der Waals surface area contributed by atoms with E-state index < -0.39 is 17.6 Å². The van der Waals surface area contributed by atoms with Gasteiger partial charge in [-0.25, -0.2) is 9.29 Å². The second-order valence-electron chi connectivity index (χ2n) is 8.03. The maximum absolute atomic E-state index is 13.5. The zero-order valence-electron chi connectivity index (χ0n) is 18.8. The second-order valence-corrected chi connectivity index (χ2v) is 8.03. The number of halogens is 1. The molecule has 0 aromatic heterocycles. The Bertz CT molecular complexity index is 1200. The van der Waals surface area contributed by atoms with Gasteiger partial charge in [0.1, 0.15) is 17.3 Å². The van der Waals surface area contributed by atoms with Crippen molar-refractivity contribution in [3.63, 3.8) is 0 Å². The summed E-state index contributed by atoms with van der Waals surface area (Å²) in [5.74, 6) is -0.313. The predicted molar refractivity (Wildman–Crippen MR) is 128 cm³/mol. The molecule has 4 rings (SSSR count). The fourth-order valence-electron chi connectivity index (χ4n) is 3.72. The molecule has 0 saturated heterocycles. The Kier molecular flexibility index (Phi) is 6.27. The van der Waals surface area contributed by atoms with Crippen molar-refractivity contribution in [2.45, 2.75) is 26.7 Å². The number of amides is 2. The van der Waals surface area contributed by atoms with Crippen molar-refractivity contribution in [1.29, 1.82) is 0 Å². The molecule has 0 atom stereocenters. The van der Waals surface area contributed by atoms with Crippen LogP contribution in [0, 0.1) is 5.82 Å². The summed E-state index contributed by atoms with van der Waals surface area (Å²) in [5.41, 5.74) is 3.02. The molecule has 3 aromatic rings. The van der Waals surface area contributed by atoms with Crippen molar-refractivity contribution in [2.75, 3.05) is 16.8 Å². The van der Waals surface area contributed by atoms with Crippen LogP contribution in [0.4, 0.5) is 15.8 Å². The maximum atomic E-state index is 13.5. The van der Waals surface area contributed by atoms with Crippen LogP contribution in [0.5, 0.6) is 5.75 Å². The molecule has 0 radical (unpaired) electrons. The highest BCUT2D eigenvalue weighted by molar-refractivity contribution is 6.46. The normalized spacial score (nSPS) is 13.8. The number of anilines is 2. The molecule has 6 heteroatoms. The summed E-state index contributed by atoms with van der Waals surface area (Å²) in [6.07, 6.45) is 0. The smallest absolute Gasteiger partial charge is 0.282 e. The molecule has 0 bridgehead atoms. The summed E-state index contributed by atoms with van der Waals surface area (Å²) < 4.78 is 19.0. The van der Waals surface area contributed by atoms with Gasteiger partial charge in [-0.3, -0.25) is 9.59 Å². The van der Waals surface area contributed by atoms with Crippen molar-refractivity contribution in [1.82, 2.24) is 0 Å². The van der Waals surface area contributed by atoms with Gasteiger partial charge in [0.05, 0.1) is 17.9 Å². The van der Waals surface area contributed by atoms with E-state index in [4.69, 9.17) is 4.74 Å². The van der Waals surface area contributed by atoms with E-state index in [9.17, 15) is 14.0 Å². The molecule has 2 amide bonds. The van der Waals surface area contributed by atoms with Crippen molar-refractivity contribution in [2.24, 2.45) is 0 Å². The number of imide groups is 1. The fourth-order valence-corrected chi connectivity index (χ4v) is 3.72. The first kappa shape index (κ1) is 22.3. The second kappa shape index (κ2) is 9.28. The Hall–Kier alpha value is -3.93. The Balaban J connectivity index is 1.73. The Morgan fingerprint density at radius 2 is 1.52 bits per heavy atom. The zero-order valence-corrected chi connectivity index (χ0v) is 18.8. The van der Waals surface area contributed by atoms with Gasteiger partial charge in [0.2, 0.25) is 0 Å². The van der Waals surface area contributed by atoms with Gasteiger partial charge in [0.15, 0.2) is 0 Å². The van der Waals surface area contributed by atoms with Gasteiger partial charge in [0, 0.05) is 5.69 Å². The number of hydrogen-bond donors (Lipinski definition) is 1. The zero-order chi connectivity index (χ0) is 23.5. The van der Waals surface area contributed by atoms with Gasteiger partial charge in [0.25, 0.3) is 11.8 Å². The number of ether oxygens (including phenoxy) is 1. The molecule has 1 N–H and O–H groups in total. The quantitative estimate of drug-likeness (QED) is 0.472. The average Bonchev–Trinajstić information content (AvgIpc) is 3.05. The molecule has 0 aliphatic carbocycles. The fraction of sp³-hybridized carbons (Fsp3) is 0.185. The van der Waals surface area contributed by atoms with E-state index in [0.717, 1.165) is 10.5 Å². The lowest BCUT2D eigenvalue weighted by atomic mass is 10.0. The summed E-state index contributed by atoms with van der Waals surface area (Å²) in [5, 5.41) is 3.10. The van der Waals surface area contributed by atoms with Gasteiger partial charge < -0.3 is 10.1 Å². The van der Waals surface area contributed by atoms with Crippen LogP contribution in [0.25, 0.3) is 5.57 Å². The Morgan fingerprint density at radius 1 is 0.879 bits per heavy atom. The first-order chi connectivity index (χ1) is 15.9. The number of rotatable bonds is 7. The van der Waals surface area contributed by atoms with Crippen LogP contribution in [0.1, 0.15) is 37.8 Å². The first-order valence-corrected chi connectivity index (χ1v) is 10.9. The van der Waals surface area contributed by atoms with Gasteiger partial charge in [-0.2, -0.15) is 0 Å². The van der Waals surface area contributed by atoms with E-state index in [1.807, 2.05) is 19.1 Å². The number of hydrogen-bond acceptors (Lipinski definition) is 4. The highest BCUT2D eigenvalue weighted by atomic mass is 19.1. The minimum Gasteiger partial charge on any atom is -0.494 e. The van der Waals surface area contributed by atoms with E-state index in [1.54, 1.807) is 36.4 Å². The summed E-state index contributed by atoms with van der Waals surface area (Å²) >= 11 is 0. The molecule has 0 spiro atoms. The summed E-state index contributed by atoms with van der Waals surface area (Å²) in [6.45, 7) is 6.60. The monoisotopic (exact) mass is 444 g/mol. The standard InChI is InChI=1S/C27H25FN2O3/c1-4-33-23-15-11-21(12-16-23)29-25-24(19-5-9-20(28)10-6-19)26(31)30(27(25)32)22-13-7-18(8-14-22)17(2)3/h5-17,29H,4H2,1-3H3. The lowest BCUT2D eigenvalue weighted by Gasteiger charge is -2.16. The van der Waals surface area contributed by atoms with Crippen LogP contribution in [-0.4, -0.2) is 18.4 Å². The predicted octanol–water partition coefficient (Wildman–Crippen LogP) is 5.74. The molecular formula is C27H25FN2O3. The van der Waals surface area contributed by atoms with Gasteiger partial charge in [-0.15, -0.1) is 0 Å². The summed E-state index contributed by atoms with van der Waals surface area (Å²) in [7, 11) is 0. The largest absolute Gasteiger partial charge is 0.494 e. The van der Waals surface area contributed by atoms with E-state index in [-0.39, 0.29) is 11.3 Å². The van der Waals surface area contributed by atoms with Crippen molar-refractivity contribution in [3.05, 3.63) is 95.4 Å². The minimum atomic E-state index is -0.467. The molecule has 0 fully saturated rings. The Morgan fingerprint density at radius 3 is 2.09 bits per heavy atom. The van der Waals surface area contributed by atoms with E-state index in [0.29, 0.717) is 35.2 Å². The Labute approximate surface area is 192 Å². The van der Waals surface area contributed by atoms with Crippen LogP contribution in [-0.2, 0) is 9.59 Å². The molecule has 1 aliphatic heterocycles. The lowest BCUT2D eigenvalue weighted by Crippen LogP contribution is -2.32. The van der Waals surface area contributed by atoms with Crippen LogP contribution >= 0.6 is 0 Å². The first-order valence-electron chi connectivity index (χ1n) is 10.9. The number of nitrogens with one attached hydrogen (secondary N) is 1. The number of nitrogens with zero attached hydrogens (tertiary/aromatic N) is 1. The third kappa shape index (κ3) is 4.51. The summed E-state index contributed by atoms with van der Waals surface area (Å²) in [6, 6.07) is 20.0. The van der Waals surface area contributed by atoms with Gasteiger partial charge >= 0.3 is 0 Å². The highest BCUT2D eigenvalue weighted by Crippen LogP contribution is 2.34. The van der Waals surface area contributed by atoms with E-state index in [1.165, 1.54) is 24.3 Å². The van der Waals surface area contributed by atoms with Crippen LogP contribution < -0.4 is 15.0 Å². The van der Waals surface area contributed by atoms with E-state index in [2.05, 4.69) is 19.2 Å². The molecule has 168 valence electrons. The molecule has 1 heterocycles. The molecule has 1 aliphatic rings. The topological polar surface area (TPSA) is 58.6 Å². The lowest BCUT2D eigenvalue weighted by molar-refractivity contribution is -0.120. The van der Waals surface area contributed by atoms with Gasteiger partial charge in [-0.05, 0) is 72.5 Å². The number of carbonyl (C=O) groups is 2. The molecule has 3 aromatic carbocycles. The third-order valence-electron chi connectivity index (χ3n) is 5.47. The maximum Gasteiger partial charge on any atom is 0.282 e.